The third-order valence-corrected chi connectivity index (χ3v) is 7.09. The predicted molar refractivity (Wildman–Crippen MR) is 130 cm³/mol. The number of nitrogens with one attached hydrogen (secondary N) is 1. The van der Waals surface area contributed by atoms with Gasteiger partial charge in [-0.05, 0) is 45.3 Å². The van der Waals surface area contributed by atoms with Gasteiger partial charge in [0.1, 0.15) is 18.2 Å². The van der Waals surface area contributed by atoms with Crippen LogP contribution < -0.4 is 14.8 Å². The summed E-state index contributed by atoms with van der Waals surface area (Å²) >= 11 is 0. The second kappa shape index (κ2) is 9.02. The van der Waals surface area contributed by atoms with Crippen molar-refractivity contribution in [3.8, 4) is 34.0 Å². The van der Waals surface area contributed by atoms with Crippen LogP contribution in [0, 0.1) is 0 Å². The van der Waals surface area contributed by atoms with E-state index in [0.29, 0.717) is 24.8 Å². The molecule has 0 spiro atoms. The number of fused-ring (bicyclic) bond motifs is 2. The number of hydrogen-bond donors (Lipinski definition) is 1. The lowest BCUT2D eigenvalue weighted by Gasteiger charge is -2.18. The first-order chi connectivity index (χ1) is 17.8. The normalized spacial score (nSPS) is 24.2. The number of tetrazole rings is 1. The second-order valence-electron chi connectivity index (χ2n) is 9.23. The van der Waals surface area contributed by atoms with Gasteiger partial charge in [-0.3, -0.25) is 0 Å². The van der Waals surface area contributed by atoms with Crippen LogP contribution in [0.5, 0.6) is 11.5 Å². The van der Waals surface area contributed by atoms with Gasteiger partial charge in [0.2, 0.25) is 6.79 Å². The Hall–Kier alpha value is -3.79. The van der Waals surface area contributed by atoms with Crippen molar-refractivity contribution in [1.29, 1.82) is 0 Å². The number of ether oxygens (including phenoxy) is 4. The van der Waals surface area contributed by atoms with Crippen LogP contribution in [0.25, 0.3) is 22.5 Å². The Bertz CT molecular complexity index is 1360. The fourth-order valence-corrected chi connectivity index (χ4v) is 5.20. The van der Waals surface area contributed by atoms with E-state index in [-0.39, 0.29) is 31.1 Å². The van der Waals surface area contributed by atoms with Crippen molar-refractivity contribution in [3.63, 3.8) is 0 Å². The Morgan fingerprint density at radius 2 is 1.58 bits per heavy atom. The Labute approximate surface area is 207 Å². The van der Waals surface area contributed by atoms with Gasteiger partial charge in [0.25, 0.3) is 0 Å². The molecule has 3 aliphatic heterocycles. The Morgan fingerprint density at radius 3 is 2.47 bits per heavy atom. The third-order valence-electron chi connectivity index (χ3n) is 7.09. The van der Waals surface area contributed by atoms with Crippen molar-refractivity contribution in [3.05, 3.63) is 78.4 Å². The number of rotatable bonds is 6. The highest BCUT2D eigenvalue weighted by Crippen LogP contribution is 2.38. The molecule has 2 fully saturated rings. The Kier molecular flexibility index (Phi) is 5.38. The van der Waals surface area contributed by atoms with Crippen molar-refractivity contribution in [2.45, 2.75) is 30.8 Å². The third kappa shape index (κ3) is 3.81. The molecule has 1 aromatic heterocycles. The first-order valence-corrected chi connectivity index (χ1v) is 12.1. The molecule has 182 valence electrons. The molecule has 0 amide bonds. The molecule has 9 nitrogen and oxygen atoms in total. The lowest BCUT2D eigenvalue weighted by Crippen LogP contribution is -2.40. The molecule has 0 saturated carbocycles. The van der Waals surface area contributed by atoms with Crippen LogP contribution in [0.1, 0.15) is 11.6 Å². The molecule has 36 heavy (non-hydrogen) atoms. The zero-order valence-corrected chi connectivity index (χ0v) is 19.5. The van der Waals surface area contributed by atoms with E-state index in [1.165, 1.54) is 16.7 Å². The molecule has 2 saturated heterocycles. The fourth-order valence-electron chi connectivity index (χ4n) is 5.20. The van der Waals surface area contributed by atoms with Gasteiger partial charge >= 0.3 is 0 Å². The number of aromatic nitrogens is 4. The van der Waals surface area contributed by atoms with Gasteiger partial charge in [-0.15, -0.1) is 5.10 Å². The van der Waals surface area contributed by atoms with Crippen molar-refractivity contribution >= 4 is 0 Å². The molecule has 4 atom stereocenters. The average Bonchev–Trinajstić information content (AvgIpc) is 3.72. The van der Waals surface area contributed by atoms with Crippen LogP contribution in [-0.2, 0) is 16.0 Å². The molecule has 0 radical (unpaired) electrons. The largest absolute Gasteiger partial charge is 0.454 e. The maximum atomic E-state index is 6.21. The first-order valence-electron chi connectivity index (χ1n) is 12.1. The van der Waals surface area contributed by atoms with Crippen molar-refractivity contribution in [2.24, 2.45) is 0 Å². The smallest absolute Gasteiger partial charge is 0.231 e. The van der Waals surface area contributed by atoms with E-state index >= 15 is 0 Å². The van der Waals surface area contributed by atoms with Gasteiger partial charge in [0.15, 0.2) is 17.3 Å². The zero-order chi connectivity index (χ0) is 23.9. The highest BCUT2D eigenvalue weighted by Gasteiger charge is 2.49. The molecule has 0 unspecified atom stereocenters. The maximum Gasteiger partial charge on any atom is 0.231 e. The molecule has 4 heterocycles. The van der Waals surface area contributed by atoms with Gasteiger partial charge in [-0.25, -0.2) is 4.68 Å². The SMILES string of the molecule is c1ccc(-c2ccc(CN[C@H]3CO[C@H]4[C@@H]3OC[C@@H]4n3nnnc3-c3ccc4c(c3)OCO4)cc2)cc1. The number of hydrogen-bond acceptors (Lipinski definition) is 8. The first kappa shape index (κ1) is 21.5. The van der Waals surface area contributed by atoms with E-state index in [2.05, 4.69) is 69.4 Å². The lowest BCUT2D eigenvalue weighted by molar-refractivity contribution is 0.0621. The molecular formula is C27H25N5O4. The van der Waals surface area contributed by atoms with Gasteiger partial charge in [-0.2, -0.15) is 0 Å². The summed E-state index contributed by atoms with van der Waals surface area (Å²) in [5.41, 5.74) is 4.51. The van der Waals surface area contributed by atoms with E-state index < -0.39 is 0 Å². The number of benzene rings is 3. The minimum Gasteiger partial charge on any atom is -0.454 e. The summed E-state index contributed by atoms with van der Waals surface area (Å²) in [5.74, 6) is 2.08. The van der Waals surface area contributed by atoms with Crippen molar-refractivity contribution < 1.29 is 18.9 Å². The van der Waals surface area contributed by atoms with Gasteiger partial charge in [0.05, 0.1) is 19.3 Å². The summed E-state index contributed by atoms with van der Waals surface area (Å²) in [6.07, 6.45) is -0.188. The van der Waals surface area contributed by atoms with Crippen LogP contribution >= 0.6 is 0 Å². The highest BCUT2D eigenvalue weighted by molar-refractivity contribution is 5.63. The Morgan fingerprint density at radius 1 is 0.806 bits per heavy atom. The molecular weight excluding hydrogens is 458 g/mol. The van der Waals surface area contributed by atoms with E-state index in [1.54, 1.807) is 0 Å². The quantitative estimate of drug-likeness (QED) is 0.447. The summed E-state index contributed by atoms with van der Waals surface area (Å²) in [6, 6.07) is 24.8. The standard InChI is InChI=1S/C27H25N5O4/c1-2-4-18(5-3-1)19-8-6-17(7-9-19)13-28-21-14-33-26-22(15-34-25(21)26)32-27(29-30-31-32)20-10-11-23-24(12-20)36-16-35-23/h1-12,21-22,25-26,28H,13-16H2/t21-,22-,25+,26+/m0/s1. The van der Waals surface area contributed by atoms with Crippen LogP contribution in [0.2, 0.25) is 0 Å². The van der Waals surface area contributed by atoms with Crippen molar-refractivity contribution in [1.82, 2.24) is 25.5 Å². The summed E-state index contributed by atoms with van der Waals surface area (Å²) in [4.78, 5) is 0. The minimum absolute atomic E-state index is 0.0626. The molecule has 3 aliphatic rings. The van der Waals surface area contributed by atoms with E-state index in [1.807, 2.05) is 28.9 Å². The minimum atomic E-state index is -0.126. The predicted octanol–water partition coefficient (Wildman–Crippen LogP) is 3.23. The van der Waals surface area contributed by atoms with Crippen LogP contribution in [0.3, 0.4) is 0 Å². The second-order valence-corrected chi connectivity index (χ2v) is 9.23. The van der Waals surface area contributed by atoms with Crippen LogP contribution in [-0.4, -0.2) is 58.5 Å². The fraction of sp³-hybridized carbons (Fsp3) is 0.296. The molecule has 7 rings (SSSR count). The monoisotopic (exact) mass is 483 g/mol. The van der Waals surface area contributed by atoms with E-state index in [9.17, 15) is 0 Å². The molecule has 9 heteroatoms. The molecule has 0 aliphatic carbocycles. The Balaban J connectivity index is 1.02. The number of nitrogens with zero attached hydrogens (tertiary/aromatic N) is 4. The summed E-state index contributed by atoms with van der Waals surface area (Å²) < 4.78 is 25.2. The van der Waals surface area contributed by atoms with Gasteiger partial charge in [0, 0.05) is 12.1 Å². The molecule has 1 N–H and O–H groups in total. The average molecular weight is 484 g/mol. The summed E-state index contributed by atoms with van der Waals surface area (Å²) in [7, 11) is 0. The highest BCUT2D eigenvalue weighted by atomic mass is 16.7. The molecule has 3 aromatic carbocycles. The summed E-state index contributed by atoms with van der Waals surface area (Å²) in [5, 5.41) is 16.1. The van der Waals surface area contributed by atoms with E-state index in [0.717, 1.165) is 17.9 Å². The molecule has 4 aromatic rings. The van der Waals surface area contributed by atoms with E-state index in [4.69, 9.17) is 18.9 Å². The van der Waals surface area contributed by atoms with Crippen LogP contribution in [0.4, 0.5) is 0 Å². The van der Waals surface area contributed by atoms with Crippen molar-refractivity contribution in [2.75, 3.05) is 20.0 Å². The summed E-state index contributed by atoms with van der Waals surface area (Å²) in [6.45, 7) is 2.04. The van der Waals surface area contributed by atoms with Crippen LogP contribution in [0.15, 0.2) is 72.8 Å². The zero-order valence-electron chi connectivity index (χ0n) is 19.5. The van der Waals surface area contributed by atoms with Gasteiger partial charge < -0.3 is 24.3 Å². The molecule has 0 bridgehead atoms. The lowest BCUT2D eigenvalue weighted by atomic mass is 10.0. The topological polar surface area (TPSA) is 92.6 Å². The maximum absolute atomic E-state index is 6.21. The van der Waals surface area contributed by atoms with Gasteiger partial charge in [-0.1, -0.05) is 54.6 Å².